The Bertz CT molecular complexity index is 1190. The standard InChI is InChI=1S/C26H31N5O3/c1-16(2)31-25-22(14-28-31)21(13-23(30-25)18-5-6-18)26(33)27-12-11-17-3-9-20(10-4-17)34-15-24(32)29-19-7-8-19/h3-4,9-10,13-14,16,18-19H,5-8,11-12,15H2,1-2H3,(H,27,33)(H,29,32). The van der Waals surface area contributed by atoms with Crippen LogP contribution in [0.4, 0.5) is 0 Å². The number of fused-ring (bicyclic) bond motifs is 1. The van der Waals surface area contributed by atoms with Gasteiger partial charge in [0, 0.05) is 30.2 Å². The molecule has 5 rings (SSSR count). The Balaban J connectivity index is 1.18. The maximum atomic E-state index is 13.1. The fraction of sp³-hybridized carbons (Fsp3) is 0.462. The fourth-order valence-electron chi connectivity index (χ4n) is 4.01. The Morgan fingerprint density at radius 1 is 1.15 bits per heavy atom. The highest BCUT2D eigenvalue weighted by Crippen LogP contribution is 2.40. The second kappa shape index (κ2) is 9.44. The number of carbonyl (C=O) groups is 2. The molecule has 0 aliphatic heterocycles. The van der Waals surface area contributed by atoms with Crippen molar-refractivity contribution in [2.45, 2.75) is 64.0 Å². The van der Waals surface area contributed by atoms with Crippen molar-refractivity contribution in [1.82, 2.24) is 25.4 Å². The van der Waals surface area contributed by atoms with Crippen molar-refractivity contribution in [1.29, 1.82) is 0 Å². The van der Waals surface area contributed by atoms with E-state index in [1.165, 1.54) is 0 Å². The van der Waals surface area contributed by atoms with Gasteiger partial charge in [-0.2, -0.15) is 5.10 Å². The largest absolute Gasteiger partial charge is 0.484 e. The highest BCUT2D eigenvalue weighted by molar-refractivity contribution is 6.05. The maximum Gasteiger partial charge on any atom is 0.258 e. The number of nitrogens with zero attached hydrogens (tertiary/aromatic N) is 3. The van der Waals surface area contributed by atoms with Crippen LogP contribution in [0.15, 0.2) is 36.5 Å². The summed E-state index contributed by atoms with van der Waals surface area (Å²) in [7, 11) is 0. The average Bonchev–Trinajstić information content (AvgIpc) is 3.76. The minimum absolute atomic E-state index is 0.0303. The Hall–Kier alpha value is -3.42. The topological polar surface area (TPSA) is 98.1 Å². The molecule has 3 aromatic rings. The summed E-state index contributed by atoms with van der Waals surface area (Å²) in [6.07, 6.45) is 6.82. The van der Waals surface area contributed by atoms with Gasteiger partial charge in [0.15, 0.2) is 12.3 Å². The van der Waals surface area contributed by atoms with Gasteiger partial charge >= 0.3 is 0 Å². The van der Waals surface area contributed by atoms with Crippen LogP contribution in [0.1, 0.15) is 73.1 Å². The van der Waals surface area contributed by atoms with E-state index in [0.717, 1.165) is 48.0 Å². The minimum atomic E-state index is -0.0979. The molecule has 2 amide bonds. The van der Waals surface area contributed by atoms with Gasteiger partial charge in [0.1, 0.15) is 5.75 Å². The molecular formula is C26H31N5O3. The first-order valence-electron chi connectivity index (χ1n) is 12.2. The van der Waals surface area contributed by atoms with Gasteiger partial charge in [-0.15, -0.1) is 0 Å². The Morgan fingerprint density at radius 2 is 1.91 bits per heavy atom. The number of pyridine rings is 1. The molecule has 0 atom stereocenters. The molecule has 2 aliphatic carbocycles. The van der Waals surface area contributed by atoms with Crippen molar-refractivity contribution >= 4 is 22.8 Å². The number of benzene rings is 1. The lowest BCUT2D eigenvalue weighted by molar-refractivity contribution is -0.123. The Labute approximate surface area is 199 Å². The second-order valence-electron chi connectivity index (χ2n) is 9.57. The molecule has 1 aromatic carbocycles. The van der Waals surface area contributed by atoms with Crippen LogP contribution in [0.3, 0.4) is 0 Å². The summed E-state index contributed by atoms with van der Waals surface area (Å²) in [4.78, 5) is 29.6. The van der Waals surface area contributed by atoms with Gasteiger partial charge in [-0.3, -0.25) is 9.59 Å². The molecule has 0 spiro atoms. The number of aromatic nitrogens is 3. The first-order valence-corrected chi connectivity index (χ1v) is 12.2. The van der Waals surface area contributed by atoms with Crippen LogP contribution >= 0.6 is 0 Å². The molecule has 2 fully saturated rings. The van der Waals surface area contributed by atoms with E-state index in [0.29, 0.717) is 36.2 Å². The molecule has 178 valence electrons. The summed E-state index contributed by atoms with van der Waals surface area (Å²) in [6.45, 7) is 4.68. The van der Waals surface area contributed by atoms with Crippen molar-refractivity contribution in [3.63, 3.8) is 0 Å². The molecule has 34 heavy (non-hydrogen) atoms. The predicted octanol–water partition coefficient (Wildman–Crippen LogP) is 3.52. The first kappa shape index (κ1) is 22.4. The molecule has 0 unspecified atom stereocenters. The zero-order valence-electron chi connectivity index (χ0n) is 19.7. The lowest BCUT2D eigenvalue weighted by Gasteiger charge is -2.11. The van der Waals surface area contributed by atoms with Gasteiger partial charge in [0.05, 0.1) is 17.1 Å². The van der Waals surface area contributed by atoms with E-state index in [2.05, 4.69) is 29.6 Å². The first-order chi connectivity index (χ1) is 16.5. The molecule has 8 nitrogen and oxygen atoms in total. The van der Waals surface area contributed by atoms with Crippen LogP contribution < -0.4 is 15.4 Å². The molecule has 2 heterocycles. The summed E-state index contributed by atoms with van der Waals surface area (Å²) in [5, 5.41) is 11.2. The zero-order valence-corrected chi connectivity index (χ0v) is 19.7. The molecular weight excluding hydrogens is 430 g/mol. The Kier molecular flexibility index (Phi) is 6.22. The number of amides is 2. The SMILES string of the molecule is CC(C)n1ncc2c(C(=O)NCCc3ccc(OCC(=O)NC4CC4)cc3)cc(C3CC3)nc21. The number of carbonyl (C=O) groups excluding carboxylic acids is 2. The van der Waals surface area contributed by atoms with E-state index in [4.69, 9.17) is 9.72 Å². The number of rotatable bonds is 10. The van der Waals surface area contributed by atoms with Crippen LogP contribution in [-0.4, -0.2) is 45.8 Å². The molecule has 2 aromatic heterocycles. The lowest BCUT2D eigenvalue weighted by atomic mass is 10.1. The number of hydrogen-bond acceptors (Lipinski definition) is 5. The van der Waals surface area contributed by atoms with Gasteiger partial charge in [0.25, 0.3) is 11.8 Å². The van der Waals surface area contributed by atoms with Crippen LogP contribution in [0.25, 0.3) is 11.0 Å². The molecule has 8 heteroatoms. The number of nitrogens with one attached hydrogen (secondary N) is 2. The summed E-state index contributed by atoms with van der Waals surface area (Å²) in [5.74, 6) is 0.933. The molecule has 0 saturated heterocycles. The quantitative estimate of drug-likeness (QED) is 0.481. The third kappa shape index (κ3) is 5.21. The van der Waals surface area contributed by atoms with E-state index in [-0.39, 0.29) is 24.5 Å². The molecule has 0 bridgehead atoms. The van der Waals surface area contributed by atoms with Crippen LogP contribution in [-0.2, 0) is 11.2 Å². The summed E-state index contributed by atoms with van der Waals surface area (Å²) >= 11 is 0. The highest BCUT2D eigenvalue weighted by Gasteiger charge is 2.28. The third-order valence-corrected chi connectivity index (χ3v) is 6.25. The highest BCUT2D eigenvalue weighted by atomic mass is 16.5. The van der Waals surface area contributed by atoms with E-state index in [1.54, 1.807) is 6.20 Å². The summed E-state index contributed by atoms with van der Waals surface area (Å²) in [6, 6.07) is 10.1. The molecule has 2 saturated carbocycles. The van der Waals surface area contributed by atoms with Crippen LogP contribution in [0.5, 0.6) is 5.75 Å². The lowest BCUT2D eigenvalue weighted by Crippen LogP contribution is -2.30. The van der Waals surface area contributed by atoms with Crippen molar-refractivity contribution in [3.8, 4) is 5.75 Å². The van der Waals surface area contributed by atoms with Gasteiger partial charge in [0.2, 0.25) is 0 Å². The van der Waals surface area contributed by atoms with E-state index < -0.39 is 0 Å². The normalized spacial score (nSPS) is 15.5. The van der Waals surface area contributed by atoms with Gasteiger partial charge in [-0.05, 0) is 69.7 Å². The second-order valence-corrected chi connectivity index (χ2v) is 9.57. The van der Waals surface area contributed by atoms with Crippen molar-refractivity contribution in [3.05, 3.63) is 53.3 Å². The van der Waals surface area contributed by atoms with Gasteiger partial charge in [-0.25, -0.2) is 9.67 Å². The van der Waals surface area contributed by atoms with Crippen molar-refractivity contribution in [2.24, 2.45) is 0 Å². The Morgan fingerprint density at radius 3 is 2.59 bits per heavy atom. The summed E-state index contributed by atoms with van der Waals surface area (Å²) in [5.41, 5.74) is 3.50. The van der Waals surface area contributed by atoms with Gasteiger partial charge < -0.3 is 15.4 Å². The van der Waals surface area contributed by atoms with E-state index in [1.807, 2.05) is 35.0 Å². The molecule has 0 radical (unpaired) electrons. The smallest absolute Gasteiger partial charge is 0.258 e. The average molecular weight is 462 g/mol. The molecule has 2 N–H and O–H groups in total. The predicted molar refractivity (Wildman–Crippen MR) is 129 cm³/mol. The van der Waals surface area contributed by atoms with E-state index >= 15 is 0 Å². The fourth-order valence-corrected chi connectivity index (χ4v) is 4.01. The third-order valence-electron chi connectivity index (χ3n) is 6.25. The minimum Gasteiger partial charge on any atom is -0.484 e. The monoisotopic (exact) mass is 461 g/mol. The van der Waals surface area contributed by atoms with Crippen molar-refractivity contribution < 1.29 is 14.3 Å². The maximum absolute atomic E-state index is 13.1. The van der Waals surface area contributed by atoms with Crippen molar-refractivity contribution in [2.75, 3.05) is 13.2 Å². The zero-order chi connectivity index (χ0) is 23.7. The number of hydrogen-bond donors (Lipinski definition) is 2. The van der Waals surface area contributed by atoms with Gasteiger partial charge in [-0.1, -0.05) is 12.1 Å². The summed E-state index contributed by atoms with van der Waals surface area (Å²) < 4.78 is 7.44. The molecule has 2 aliphatic rings. The van der Waals surface area contributed by atoms with Crippen LogP contribution in [0, 0.1) is 0 Å². The van der Waals surface area contributed by atoms with E-state index in [9.17, 15) is 9.59 Å². The number of ether oxygens (including phenoxy) is 1. The van der Waals surface area contributed by atoms with Crippen LogP contribution in [0.2, 0.25) is 0 Å².